The van der Waals surface area contributed by atoms with Crippen LogP contribution in [0.1, 0.15) is 74.3 Å². The van der Waals surface area contributed by atoms with Gasteiger partial charge in [-0.25, -0.2) is 9.59 Å². The van der Waals surface area contributed by atoms with Gasteiger partial charge in [-0.3, -0.25) is 42.6 Å². The summed E-state index contributed by atoms with van der Waals surface area (Å²) in [5, 5.41) is 74.7. The predicted octanol–water partition coefficient (Wildman–Crippen LogP) is -2.56. The summed E-state index contributed by atoms with van der Waals surface area (Å²) in [6, 6.07) is 10.0. The Balaban J connectivity index is 0.967. The minimum Gasteiger partial charge on any atom is -0.479 e. The van der Waals surface area contributed by atoms with Gasteiger partial charge < -0.3 is 94.8 Å². The molecule has 536 valence electrons. The predicted molar refractivity (Wildman–Crippen MR) is 328 cm³/mol. The van der Waals surface area contributed by atoms with Gasteiger partial charge >= 0.3 is 11.7 Å². The van der Waals surface area contributed by atoms with Crippen LogP contribution >= 0.6 is 0 Å². The SMILES string of the molecule is C[C@@H]1O[C@@H](O[C@@H]2[C@@H](NC(=O)c3cc(=O)[nH]c(=O)[nH]3)C[C@@H](C(=O)NCCNC(=O)COCCOCC(=O)Nc3cc(S(=O)(=O)O)cc4cc(S(=O)(=O)O)cc(S(=O)(=O)O)c34)C[C@H]2O[C@@H]2O[C@H](CO)[C@H](O)[C@H](O[C@@H](CC3CCCCC3)C(=O)O)[C@H]2OCc2ccccc2)[C@@H](O)[C@H](O)[C@@H]1O. The van der Waals surface area contributed by atoms with Crippen LogP contribution in [-0.2, 0) is 94.0 Å². The lowest BCUT2D eigenvalue weighted by Crippen LogP contribution is -2.65. The lowest BCUT2D eigenvalue weighted by Gasteiger charge is -2.49. The van der Waals surface area contributed by atoms with Crippen LogP contribution in [0, 0.1) is 11.8 Å². The number of aliphatic hydroxyl groups excluding tert-OH is 5. The lowest BCUT2D eigenvalue weighted by atomic mass is 9.80. The molecule has 4 aliphatic rings. The van der Waals surface area contributed by atoms with E-state index in [1.807, 2.05) is 4.98 Å². The van der Waals surface area contributed by atoms with E-state index in [1.165, 1.54) is 6.92 Å². The van der Waals surface area contributed by atoms with Crippen LogP contribution in [0.25, 0.3) is 10.8 Å². The summed E-state index contributed by atoms with van der Waals surface area (Å²) < 4.78 is 150. The van der Waals surface area contributed by atoms with E-state index in [2.05, 4.69) is 26.3 Å². The van der Waals surface area contributed by atoms with Crippen LogP contribution in [-0.4, -0.2) is 241 Å². The van der Waals surface area contributed by atoms with Crippen molar-refractivity contribution in [2.45, 2.75) is 165 Å². The standard InChI is InChI=1S/C58H76N6O30S3/c1-28-46(69)48(71)49(72)56(90-28)94-50-36(62-54(74)37-23-42(66)64-58(77)63-37)19-32(20-38(50)92-57-52(89-25-30-10-6-3-7-11-30)51(47(70)40(24-65)93-57)91-39(55(75)76)16-29-8-4-2-5-9-29)53(73)60-13-12-59-43(67)26-87-14-15-88-27-44(68)61-35-21-33(95(78,79)80)17-31-18-34(96(81,82)83)22-41(45(31)35)97(84,85)86/h3,6-7,10-11,17-18,21-23,28-29,32,36,38-40,46-52,56-57,65,69-72H,2,4-5,8-9,12-16,19-20,24-27H2,1H3,(H,59,67)(H,60,73)(H,61,68)(H,62,74)(H,75,76)(H,78,79,80)(H,81,82,83)(H,84,85,86)(H2,63,64,66,77)/t28-,32+,36-,38+,39-,40+,46+,47-,48+,49-,50+,51-,52+,56-,57+/m0/s1. The Morgan fingerprint density at radius 3 is 1.98 bits per heavy atom. The molecule has 15 atom stereocenters. The molecular formula is C58H76N6O30S3. The number of H-pyrrole nitrogens is 2. The first-order valence-electron chi connectivity index (χ1n) is 30.5. The fourth-order valence-corrected chi connectivity index (χ4v) is 13.7. The molecule has 36 nitrogen and oxygen atoms in total. The summed E-state index contributed by atoms with van der Waals surface area (Å²) in [5.41, 5.74) is -2.71. The number of carbonyl (C=O) groups excluding carboxylic acids is 4. The van der Waals surface area contributed by atoms with Crippen molar-refractivity contribution >= 4 is 76.4 Å². The van der Waals surface area contributed by atoms with E-state index in [0.717, 1.165) is 38.2 Å². The molecule has 0 spiro atoms. The zero-order valence-corrected chi connectivity index (χ0v) is 54.1. The van der Waals surface area contributed by atoms with Crippen molar-refractivity contribution in [3.05, 3.63) is 92.8 Å². The number of carbonyl (C=O) groups is 5. The highest BCUT2D eigenvalue weighted by Crippen LogP contribution is 2.39. The van der Waals surface area contributed by atoms with Gasteiger partial charge in [0.2, 0.25) is 17.7 Å². The number of fused-ring (bicyclic) bond motifs is 1. The summed E-state index contributed by atoms with van der Waals surface area (Å²) in [5.74, 6) is -6.32. The second kappa shape index (κ2) is 33.3. The number of benzene rings is 3. The van der Waals surface area contributed by atoms with Gasteiger partial charge in [0.05, 0.1) is 60.2 Å². The molecule has 0 bridgehead atoms. The third-order valence-electron chi connectivity index (χ3n) is 16.6. The molecule has 3 aromatic carbocycles. The molecular weight excluding hydrogens is 1360 g/mol. The zero-order chi connectivity index (χ0) is 70.7. The van der Waals surface area contributed by atoms with Crippen molar-refractivity contribution in [1.82, 2.24) is 25.9 Å². The molecule has 39 heteroatoms. The van der Waals surface area contributed by atoms with Crippen LogP contribution in [0.15, 0.2) is 84.9 Å². The average molecular weight is 1430 g/mol. The van der Waals surface area contributed by atoms with Crippen LogP contribution in [0.2, 0.25) is 0 Å². The number of anilines is 1. The highest BCUT2D eigenvalue weighted by Gasteiger charge is 2.54. The molecule has 4 fully saturated rings. The highest BCUT2D eigenvalue weighted by atomic mass is 32.2. The molecule has 0 radical (unpaired) electrons. The summed E-state index contributed by atoms with van der Waals surface area (Å²) in [6.07, 6.45) is -18.1. The molecule has 1 aromatic heterocycles. The molecule has 2 aliphatic heterocycles. The molecule has 2 saturated heterocycles. The second-order valence-electron chi connectivity index (χ2n) is 23.6. The van der Waals surface area contributed by atoms with Crippen LogP contribution < -0.4 is 32.5 Å². The van der Waals surface area contributed by atoms with Crippen molar-refractivity contribution in [2.75, 3.05) is 51.4 Å². The van der Waals surface area contributed by atoms with Gasteiger partial charge in [-0.15, -0.1) is 0 Å². The number of amides is 4. The number of aliphatic carboxylic acids is 1. The maximum atomic E-state index is 14.4. The Kier molecular flexibility index (Phi) is 26.1. The van der Waals surface area contributed by atoms with Gasteiger partial charge in [-0.05, 0) is 67.3 Å². The Hall–Kier alpha value is -6.84. The molecule has 4 amide bonds. The minimum absolute atomic E-state index is 0.0495. The topological polar surface area (TPSA) is 558 Å². The van der Waals surface area contributed by atoms with E-state index >= 15 is 0 Å². The van der Waals surface area contributed by atoms with Gasteiger partial charge in [-0.2, -0.15) is 25.3 Å². The molecule has 97 heavy (non-hydrogen) atoms. The summed E-state index contributed by atoms with van der Waals surface area (Å²) >= 11 is 0. The van der Waals surface area contributed by atoms with Gasteiger partial charge in [0.25, 0.3) is 41.8 Å². The number of rotatable bonds is 30. The summed E-state index contributed by atoms with van der Waals surface area (Å²) in [4.78, 5) is 93.1. The third kappa shape index (κ3) is 20.4. The minimum atomic E-state index is -5.35. The molecule has 15 N–H and O–H groups in total. The van der Waals surface area contributed by atoms with Crippen molar-refractivity contribution in [1.29, 1.82) is 0 Å². The largest absolute Gasteiger partial charge is 0.479 e. The number of aliphatic hydroxyl groups is 5. The van der Waals surface area contributed by atoms with Crippen LogP contribution in [0.3, 0.4) is 0 Å². The van der Waals surface area contributed by atoms with Crippen LogP contribution in [0.4, 0.5) is 5.69 Å². The lowest BCUT2D eigenvalue weighted by molar-refractivity contribution is -0.353. The number of aromatic amines is 2. The summed E-state index contributed by atoms with van der Waals surface area (Å²) in [7, 11) is -15.6. The number of aromatic nitrogens is 2. The first kappa shape index (κ1) is 75.9. The zero-order valence-electron chi connectivity index (χ0n) is 51.6. The van der Waals surface area contributed by atoms with E-state index in [1.54, 1.807) is 30.3 Å². The first-order valence-corrected chi connectivity index (χ1v) is 34.8. The Bertz CT molecular complexity index is 3880. The Labute approximate surface area is 552 Å². The van der Waals surface area contributed by atoms with Crippen molar-refractivity contribution in [3.8, 4) is 0 Å². The number of ether oxygens (including phenoxy) is 8. The Morgan fingerprint density at radius 2 is 1.35 bits per heavy atom. The van der Waals surface area contributed by atoms with Crippen molar-refractivity contribution in [3.63, 3.8) is 0 Å². The summed E-state index contributed by atoms with van der Waals surface area (Å²) in [6.45, 7) is -2.45. The van der Waals surface area contributed by atoms with E-state index in [0.29, 0.717) is 29.8 Å². The molecule has 8 rings (SSSR count). The first-order chi connectivity index (χ1) is 45.8. The monoisotopic (exact) mass is 1430 g/mol. The van der Waals surface area contributed by atoms with Gasteiger partial charge in [0.1, 0.15) is 72.6 Å². The fourth-order valence-electron chi connectivity index (χ4n) is 11.8. The smallest absolute Gasteiger partial charge is 0.332 e. The second-order valence-corrected chi connectivity index (χ2v) is 27.8. The molecule has 3 heterocycles. The van der Waals surface area contributed by atoms with Crippen molar-refractivity contribution < 1.29 is 131 Å². The number of carboxylic acids is 1. The number of carboxylic acid groups (broad SMARTS) is 1. The maximum absolute atomic E-state index is 14.4. The number of nitrogens with one attached hydrogen (secondary N) is 6. The molecule has 4 aromatic rings. The molecule has 2 saturated carbocycles. The van der Waals surface area contributed by atoms with Gasteiger partial charge in [0.15, 0.2) is 18.7 Å². The van der Waals surface area contributed by atoms with E-state index in [-0.39, 0.29) is 51.7 Å². The Morgan fingerprint density at radius 1 is 0.701 bits per heavy atom. The van der Waals surface area contributed by atoms with E-state index in [9.17, 15) is 103 Å². The molecule has 2 aliphatic carbocycles. The maximum Gasteiger partial charge on any atom is 0.332 e. The van der Waals surface area contributed by atoms with Crippen LogP contribution in [0.5, 0.6) is 0 Å². The molecule has 0 unspecified atom stereocenters. The van der Waals surface area contributed by atoms with E-state index < -0.39 is 226 Å². The normalized spacial score (nSPS) is 26.9. The van der Waals surface area contributed by atoms with Gasteiger partial charge in [-0.1, -0.05) is 62.4 Å². The van der Waals surface area contributed by atoms with Crippen molar-refractivity contribution in [2.24, 2.45) is 11.8 Å². The third-order valence-corrected chi connectivity index (χ3v) is 19.1. The van der Waals surface area contributed by atoms with Gasteiger partial charge in [0, 0.05) is 30.5 Å². The fraction of sp³-hybridized carbons (Fsp3) is 0.569. The number of hydrogen-bond donors (Lipinski definition) is 15. The number of hydrogen-bond acceptors (Lipinski definition) is 26. The van der Waals surface area contributed by atoms with E-state index in [4.69, 9.17) is 37.9 Å². The highest BCUT2D eigenvalue weighted by molar-refractivity contribution is 7.87. The quantitative estimate of drug-likeness (QED) is 0.0189. The average Bonchev–Trinajstić information content (AvgIpc) is 0.756.